The minimum absolute atomic E-state index is 0.188. The van der Waals surface area contributed by atoms with Gasteiger partial charge in [0.1, 0.15) is 0 Å². The largest absolute Gasteiger partial charge is 0.695 e. The van der Waals surface area contributed by atoms with E-state index in [-0.39, 0.29) is 6.61 Å². The summed E-state index contributed by atoms with van der Waals surface area (Å²) < 4.78 is 20.0. The Kier molecular flexibility index (Phi) is 5.05. The molecule has 0 heterocycles. The molecule has 1 aromatic rings. The van der Waals surface area contributed by atoms with Crippen LogP contribution in [0.5, 0.6) is 0 Å². The lowest BCUT2D eigenvalue weighted by Crippen LogP contribution is -2.16. The van der Waals surface area contributed by atoms with Crippen molar-refractivity contribution in [3.63, 3.8) is 0 Å². The van der Waals surface area contributed by atoms with E-state index in [1.54, 1.807) is 37.3 Å². The Morgan fingerprint density at radius 2 is 2.06 bits per heavy atom. The van der Waals surface area contributed by atoms with Crippen molar-refractivity contribution in [2.24, 2.45) is 0 Å². The molecule has 86 valence electrons. The first-order valence-electron chi connectivity index (χ1n) is 4.69. The lowest BCUT2D eigenvalue weighted by Gasteiger charge is -2.09. The summed E-state index contributed by atoms with van der Waals surface area (Å²) in [6.07, 6.45) is -1.16. The van der Waals surface area contributed by atoms with E-state index >= 15 is 0 Å². The van der Waals surface area contributed by atoms with Crippen LogP contribution in [0.2, 0.25) is 0 Å². The predicted octanol–water partition coefficient (Wildman–Crippen LogP) is 1.96. The molecule has 0 saturated heterocycles. The molecule has 2 unspecified atom stereocenters. The third kappa shape index (κ3) is 3.70. The number of rotatable bonds is 5. The van der Waals surface area contributed by atoms with Crippen molar-refractivity contribution in [1.82, 2.24) is 0 Å². The Hall–Kier alpha value is -1.29. The molecule has 0 aromatic heterocycles. The summed E-state index contributed by atoms with van der Waals surface area (Å²) >= 11 is 0. The smallest absolute Gasteiger partial charge is 0.464 e. The van der Waals surface area contributed by atoms with Gasteiger partial charge in [0.2, 0.25) is 6.10 Å². The van der Waals surface area contributed by atoms with Crippen LogP contribution in [0.25, 0.3) is 0 Å². The van der Waals surface area contributed by atoms with E-state index in [4.69, 9.17) is 9.63 Å². The molecule has 0 aliphatic carbocycles. The van der Waals surface area contributed by atoms with Crippen molar-refractivity contribution >= 4 is 14.2 Å². The van der Waals surface area contributed by atoms with E-state index in [1.807, 2.05) is 0 Å². The van der Waals surface area contributed by atoms with Gasteiger partial charge in [0, 0.05) is 4.57 Å². The van der Waals surface area contributed by atoms with Crippen LogP contribution in [-0.2, 0) is 18.6 Å². The van der Waals surface area contributed by atoms with Crippen molar-refractivity contribution in [1.29, 1.82) is 0 Å². The average Bonchev–Trinajstić information content (AvgIpc) is 2.27. The molecular weight excluding hydrogens is 231 g/mol. The molecule has 0 spiro atoms. The zero-order valence-corrected chi connectivity index (χ0v) is 9.59. The van der Waals surface area contributed by atoms with Gasteiger partial charge >= 0.3 is 14.2 Å². The molecule has 0 saturated carbocycles. The highest BCUT2D eigenvalue weighted by molar-refractivity contribution is 7.32. The van der Waals surface area contributed by atoms with Crippen molar-refractivity contribution in [3.8, 4) is 0 Å². The Morgan fingerprint density at radius 3 is 2.56 bits per heavy atom. The molecule has 1 N–H and O–H groups in total. The minimum atomic E-state index is -2.86. The van der Waals surface area contributed by atoms with E-state index in [9.17, 15) is 9.36 Å². The van der Waals surface area contributed by atoms with Crippen LogP contribution < -0.4 is 0 Å². The molecule has 0 bridgehead atoms. The molecule has 5 nitrogen and oxygen atoms in total. The molecule has 0 amide bonds. The second-order valence-electron chi connectivity index (χ2n) is 2.89. The SMILES string of the molecule is CCOC(=O)C(O[P+](=O)O)c1ccccc1. The number of esters is 1. The van der Waals surface area contributed by atoms with E-state index in [2.05, 4.69) is 4.52 Å². The number of carbonyl (C=O) groups is 1. The number of benzene rings is 1. The van der Waals surface area contributed by atoms with Crippen LogP contribution >= 0.6 is 8.25 Å². The van der Waals surface area contributed by atoms with Crippen LogP contribution in [0.15, 0.2) is 30.3 Å². The lowest BCUT2D eigenvalue weighted by molar-refractivity contribution is -0.151. The van der Waals surface area contributed by atoms with Crippen LogP contribution in [0, 0.1) is 0 Å². The fraction of sp³-hybridized carbons (Fsp3) is 0.300. The Balaban J connectivity index is 2.87. The van der Waals surface area contributed by atoms with Crippen molar-refractivity contribution in [2.75, 3.05) is 6.61 Å². The summed E-state index contributed by atoms with van der Waals surface area (Å²) in [7, 11) is -2.86. The van der Waals surface area contributed by atoms with E-state index in [0.29, 0.717) is 5.56 Å². The first kappa shape index (κ1) is 12.8. The summed E-state index contributed by atoms with van der Waals surface area (Å²) in [5.41, 5.74) is 0.485. The molecule has 1 aromatic carbocycles. The summed E-state index contributed by atoms with van der Waals surface area (Å²) in [4.78, 5) is 20.2. The number of hydrogen-bond acceptors (Lipinski definition) is 4. The van der Waals surface area contributed by atoms with Crippen LogP contribution in [0.4, 0.5) is 0 Å². The van der Waals surface area contributed by atoms with Gasteiger partial charge in [0.05, 0.1) is 6.61 Å². The van der Waals surface area contributed by atoms with E-state index in [1.165, 1.54) is 0 Å². The second kappa shape index (κ2) is 6.33. The fourth-order valence-electron chi connectivity index (χ4n) is 1.18. The fourth-order valence-corrected chi connectivity index (χ4v) is 1.56. The topological polar surface area (TPSA) is 72.8 Å². The van der Waals surface area contributed by atoms with Gasteiger partial charge in [-0.15, -0.1) is 4.89 Å². The molecule has 0 radical (unpaired) electrons. The molecule has 0 aliphatic heterocycles. The van der Waals surface area contributed by atoms with Gasteiger partial charge in [0.15, 0.2) is 0 Å². The van der Waals surface area contributed by atoms with Gasteiger partial charge in [-0.3, -0.25) is 0 Å². The zero-order chi connectivity index (χ0) is 12.0. The van der Waals surface area contributed by atoms with Crippen molar-refractivity contribution in [2.45, 2.75) is 13.0 Å². The highest BCUT2D eigenvalue weighted by Gasteiger charge is 2.32. The van der Waals surface area contributed by atoms with Gasteiger partial charge in [-0.1, -0.05) is 34.9 Å². The molecule has 6 heteroatoms. The van der Waals surface area contributed by atoms with Gasteiger partial charge < -0.3 is 4.74 Å². The standard InChI is InChI=1S/C10H11O5P/c1-2-14-10(11)9(15-16(12)13)8-6-4-3-5-7-8/h3-7,9H,2H2,1H3/p+1. The van der Waals surface area contributed by atoms with Gasteiger partial charge in [-0.05, 0) is 12.5 Å². The monoisotopic (exact) mass is 243 g/mol. The van der Waals surface area contributed by atoms with Gasteiger partial charge in [0.25, 0.3) is 0 Å². The number of hydrogen-bond donors (Lipinski definition) is 1. The van der Waals surface area contributed by atoms with Crippen LogP contribution in [0.3, 0.4) is 0 Å². The quantitative estimate of drug-likeness (QED) is 0.632. The Bertz CT molecular complexity index is 365. The van der Waals surface area contributed by atoms with Gasteiger partial charge in [-0.2, -0.15) is 0 Å². The normalized spacial score (nSPS) is 13.0. The lowest BCUT2D eigenvalue weighted by atomic mass is 10.1. The van der Waals surface area contributed by atoms with Crippen LogP contribution in [0.1, 0.15) is 18.6 Å². The minimum Gasteiger partial charge on any atom is -0.464 e. The highest BCUT2D eigenvalue weighted by Crippen LogP contribution is 2.29. The van der Waals surface area contributed by atoms with Crippen molar-refractivity contribution in [3.05, 3.63) is 35.9 Å². The van der Waals surface area contributed by atoms with Crippen molar-refractivity contribution < 1.29 is 23.5 Å². The van der Waals surface area contributed by atoms with E-state index < -0.39 is 20.3 Å². The number of ether oxygens (including phenoxy) is 1. The van der Waals surface area contributed by atoms with E-state index in [0.717, 1.165) is 0 Å². The average molecular weight is 243 g/mol. The maximum Gasteiger partial charge on any atom is 0.695 e. The first-order chi connectivity index (χ1) is 7.65. The molecule has 1 rings (SSSR count). The highest BCUT2D eigenvalue weighted by atomic mass is 31.1. The first-order valence-corrected chi connectivity index (χ1v) is 5.82. The molecule has 0 aliphatic rings. The number of carbonyl (C=O) groups excluding carboxylic acids is 1. The Labute approximate surface area is 94.0 Å². The summed E-state index contributed by atoms with van der Waals surface area (Å²) in [6.45, 7) is 1.84. The maximum atomic E-state index is 11.5. The maximum absolute atomic E-state index is 11.5. The summed E-state index contributed by atoms with van der Waals surface area (Å²) in [5, 5.41) is 0. The van der Waals surface area contributed by atoms with Gasteiger partial charge in [-0.25, -0.2) is 4.79 Å². The Morgan fingerprint density at radius 1 is 1.44 bits per heavy atom. The molecular formula is C10H12O5P+. The molecule has 0 fully saturated rings. The third-order valence-electron chi connectivity index (χ3n) is 1.80. The predicted molar refractivity (Wildman–Crippen MR) is 56.7 cm³/mol. The third-order valence-corrected chi connectivity index (χ3v) is 2.19. The molecule has 2 atom stereocenters. The molecule has 16 heavy (non-hydrogen) atoms. The zero-order valence-electron chi connectivity index (χ0n) is 8.70. The second-order valence-corrected chi connectivity index (χ2v) is 3.57. The van der Waals surface area contributed by atoms with Crippen LogP contribution in [-0.4, -0.2) is 17.5 Å². The summed E-state index contributed by atoms with van der Waals surface area (Å²) in [5.74, 6) is -0.675. The summed E-state index contributed by atoms with van der Waals surface area (Å²) in [6, 6.07) is 8.43.